The smallest absolute Gasteiger partial charge is 0.251 e. The van der Waals surface area contributed by atoms with Crippen molar-refractivity contribution in [2.45, 2.75) is 70.7 Å². The topological polar surface area (TPSA) is 84.5 Å². The Morgan fingerprint density at radius 2 is 1.97 bits per heavy atom. The monoisotopic (exact) mass is 420 g/mol. The van der Waals surface area contributed by atoms with Gasteiger partial charge in [-0.25, -0.2) is 8.42 Å². The van der Waals surface area contributed by atoms with E-state index in [1.165, 1.54) is 25.0 Å². The standard InChI is InChI=1S/C22H32N2O4S/c1-5-18(24-29(26,27)16(2)3)14-13-17(4)22(25)23-19-9-8-12-21(15-19)28-20-10-6-7-11-20/h5,9,13-16,20,24H,1,6-8,10-12H2,2-4H3,(H,23,25)/b17-13+,18-14+. The lowest BCUT2D eigenvalue weighted by atomic mass is 10.1. The molecular formula is C22H32N2O4S. The molecule has 0 aromatic heterocycles. The van der Waals surface area contributed by atoms with Crippen LogP contribution in [0, 0.1) is 0 Å². The van der Waals surface area contributed by atoms with Crippen LogP contribution in [0.2, 0.25) is 0 Å². The van der Waals surface area contributed by atoms with Crippen LogP contribution in [0.25, 0.3) is 0 Å². The fraction of sp³-hybridized carbons (Fsp3) is 0.500. The van der Waals surface area contributed by atoms with Crippen molar-refractivity contribution < 1.29 is 17.9 Å². The zero-order valence-electron chi connectivity index (χ0n) is 17.5. The molecule has 1 fully saturated rings. The van der Waals surface area contributed by atoms with Crippen molar-refractivity contribution >= 4 is 15.9 Å². The summed E-state index contributed by atoms with van der Waals surface area (Å²) in [4.78, 5) is 12.5. The number of hydrogen-bond donors (Lipinski definition) is 2. The van der Waals surface area contributed by atoms with Gasteiger partial charge in [-0.15, -0.1) is 0 Å². The molecule has 2 aliphatic carbocycles. The van der Waals surface area contributed by atoms with Gasteiger partial charge >= 0.3 is 0 Å². The van der Waals surface area contributed by atoms with Crippen LogP contribution in [0.3, 0.4) is 0 Å². The summed E-state index contributed by atoms with van der Waals surface area (Å²) in [5.74, 6) is 0.675. The van der Waals surface area contributed by atoms with E-state index >= 15 is 0 Å². The molecule has 1 amide bonds. The molecule has 0 heterocycles. The van der Waals surface area contributed by atoms with Gasteiger partial charge in [0, 0.05) is 23.4 Å². The zero-order valence-corrected chi connectivity index (χ0v) is 18.3. The quantitative estimate of drug-likeness (QED) is 0.437. The molecule has 0 aromatic carbocycles. The molecule has 0 aliphatic heterocycles. The van der Waals surface area contributed by atoms with Gasteiger partial charge in [-0.1, -0.05) is 18.7 Å². The first kappa shape index (κ1) is 23.0. The number of ether oxygens (including phenoxy) is 1. The summed E-state index contributed by atoms with van der Waals surface area (Å²) >= 11 is 0. The van der Waals surface area contributed by atoms with Crippen molar-refractivity contribution in [1.29, 1.82) is 0 Å². The van der Waals surface area contributed by atoms with Gasteiger partial charge in [-0.2, -0.15) is 0 Å². The van der Waals surface area contributed by atoms with E-state index in [0.29, 0.717) is 17.4 Å². The number of carbonyl (C=O) groups is 1. The first-order valence-electron chi connectivity index (χ1n) is 10.1. The Labute approximate surface area is 174 Å². The molecule has 0 bridgehead atoms. The molecule has 1 saturated carbocycles. The second-order valence-electron chi connectivity index (χ2n) is 7.66. The maximum absolute atomic E-state index is 12.5. The molecule has 2 rings (SSSR count). The summed E-state index contributed by atoms with van der Waals surface area (Å²) < 4.78 is 32.5. The van der Waals surface area contributed by atoms with Crippen LogP contribution in [0.4, 0.5) is 0 Å². The predicted molar refractivity (Wildman–Crippen MR) is 116 cm³/mol. The number of nitrogens with one attached hydrogen (secondary N) is 2. The molecule has 7 heteroatoms. The highest BCUT2D eigenvalue weighted by molar-refractivity contribution is 7.90. The van der Waals surface area contributed by atoms with Crippen molar-refractivity contribution in [3.63, 3.8) is 0 Å². The Morgan fingerprint density at radius 3 is 2.59 bits per heavy atom. The van der Waals surface area contributed by atoms with Crippen LogP contribution in [-0.2, 0) is 19.6 Å². The molecule has 0 aromatic rings. The van der Waals surface area contributed by atoms with Crippen LogP contribution in [0.5, 0.6) is 0 Å². The Bertz CT molecular complexity index is 842. The summed E-state index contributed by atoms with van der Waals surface area (Å²) in [6.07, 6.45) is 15.0. The van der Waals surface area contributed by atoms with Gasteiger partial charge in [0.1, 0.15) is 0 Å². The minimum absolute atomic E-state index is 0.249. The first-order valence-corrected chi connectivity index (χ1v) is 11.7. The lowest BCUT2D eigenvalue weighted by molar-refractivity contribution is -0.116. The van der Waals surface area contributed by atoms with Gasteiger partial charge in [0.15, 0.2) is 0 Å². The lowest BCUT2D eigenvalue weighted by Gasteiger charge is -2.19. The molecule has 160 valence electrons. The Kier molecular flexibility index (Phi) is 8.32. The maximum Gasteiger partial charge on any atom is 0.251 e. The fourth-order valence-electron chi connectivity index (χ4n) is 3.02. The van der Waals surface area contributed by atoms with E-state index in [-0.39, 0.29) is 5.91 Å². The Morgan fingerprint density at radius 1 is 1.28 bits per heavy atom. The average molecular weight is 421 g/mol. The van der Waals surface area contributed by atoms with Gasteiger partial charge in [0.2, 0.25) is 10.0 Å². The molecule has 2 N–H and O–H groups in total. The van der Waals surface area contributed by atoms with Crippen LogP contribution in [-0.4, -0.2) is 25.7 Å². The predicted octanol–water partition coefficient (Wildman–Crippen LogP) is 3.97. The zero-order chi connectivity index (χ0) is 21.4. The van der Waals surface area contributed by atoms with Crippen LogP contribution < -0.4 is 10.0 Å². The van der Waals surface area contributed by atoms with Crippen molar-refractivity contribution in [1.82, 2.24) is 10.0 Å². The number of carbonyl (C=O) groups excluding carboxylic acids is 1. The highest BCUT2D eigenvalue weighted by Crippen LogP contribution is 2.26. The molecule has 0 radical (unpaired) electrons. The van der Waals surface area contributed by atoms with E-state index in [1.54, 1.807) is 26.8 Å². The Hall–Kier alpha value is -2.28. The molecular weight excluding hydrogens is 388 g/mol. The number of amides is 1. The van der Waals surface area contributed by atoms with Crippen molar-refractivity contribution in [3.8, 4) is 0 Å². The fourth-order valence-corrected chi connectivity index (χ4v) is 3.74. The van der Waals surface area contributed by atoms with Crippen molar-refractivity contribution in [2.75, 3.05) is 0 Å². The number of allylic oxidation sites excluding steroid dienone is 6. The van der Waals surface area contributed by atoms with Crippen LogP contribution in [0.1, 0.15) is 59.3 Å². The second kappa shape index (κ2) is 10.5. The number of sulfonamides is 1. The summed E-state index contributed by atoms with van der Waals surface area (Å²) in [5.41, 5.74) is 1.50. The number of hydrogen-bond acceptors (Lipinski definition) is 4. The molecule has 2 aliphatic rings. The Balaban J connectivity index is 1.98. The van der Waals surface area contributed by atoms with E-state index in [1.807, 2.05) is 12.2 Å². The van der Waals surface area contributed by atoms with Gasteiger partial charge in [0.25, 0.3) is 5.91 Å². The highest BCUT2D eigenvalue weighted by atomic mass is 32.2. The summed E-state index contributed by atoms with van der Waals surface area (Å²) in [6, 6.07) is 0. The minimum atomic E-state index is -3.47. The summed E-state index contributed by atoms with van der Waals surface area (Å²) in [6.45, 7) is 8.47. The number of rotatable bonds is 9. The summed E-state index contributed by atoms with van der Waals surface area (Å²) in [5, 5.41) is 2.32. The average Bonchev–Trinajstić information content (AvgIpc) is 3.17. The van der Waals surface area contributed by atoms with Gasteiger partial charge in [-0.05, 0) is 71.1 Å². The van der Waals surface area contributed by atoms with Crippen LogP contribution in [0.15, 0.2) is 59.7 Å². The normalized spacial score (nSPS) is 18.9. The maximum atomic E-state index is 12.5. The van der Waals surface area contributed by atoms with E-state index < -0.39 is 15.3 Å². The third-order valence-corrected chi connectivity index (χ3v) is 6.68. The largest absolute Gasteiger partial charge is 0.495 e. The molecule has 0 saturated heterocycles. The first-order chi connectivity index (χ1) is 13.7. The lowest BCUT2D eigenvalue weighted by Crippen LogP contribution is -2.29. The molecule has 29 heavy (non-hydrogen) atoms. The van der Waals surface area contributed by atoms with E-state index in [4.69, 9.17) is 4.74 Å². The van der Waals surface area contributed by atoms with Gasteiger partial charge in [0.05, 0.1) is 17.1 Å². The third kappa shape index (κ3) is 7.24. The van der Waals surface area contributed by atoms with Gasteiger partial charge in [-0.3, -0.25) is 9.52 Å². The van der Waals surface area contributed by atoms with Gasteiger partial charge < -0.3 is 10.1 Å². The molecule has 0 unspecified atom stereocenters. The van der Waals surface area contributed by atoms with Crippen LogP contribution >= 0.6 is 0 Å². The van der Waals surface area contributed by atoms with Crippen molar-refractivity contribution in [2.24, 2.45) is 0 Å². The molecule has 6 nitrogen and oxygen atoms in total. The molecule has 0 spiro atoms. The molecule has 0 atom stereocenters. The van der Waals surface area contributed by atoms with Crippen molar-refractivity contribution in [3.05, 3.63) is 59.7 Å². The van der Waals surface area contributed by atoms with E-state index in [0.717, 1.165) is 37.1 Å². The second-order valence-corrected chi connectivity index (χ2v) is 9.90. The van der Waals surface area contributed by atoms with E-state index in [9.17, 15) is 13.2 Å². The summed E-state index contributed by atoms with van der Waals surface area (Å²) in [7, 11) is -3.47. The highest BCUT2D eigenvalue weighted by Gasteiger charge is 2.19. The SMILES string of the molecule is C=C/C(=C\C=C(/C)C(=O)NC1=CCCC(OC2CCCC2)=C1)NS(=O)(=O)C(C)C. The van der Waals surface area contributed by atoms with E-state index in [2.05, 4.69) is 16.6 Å². The minimum Gasteiger partial charge on any atom is -0.495 e. The third-order valence-electron chi connectivity index (χ3n) is 4.92.